The molecule has 1 heterocycles. The van der Waals surface area contributed by atoms with Crippen LogP contribution in [0.5, 0.6) is 0 Å². The first-order valence-corrected chi connectivity index (χ1v) is 3.29. The summed E-state index contributed by atoms with van der Waals surface area (Å²) in [6, 6.07) is 0.280. The highest BCUT2D eigenvalue weighted by atomic mass is 16.4. The van der Waals surface area contributed by atoms with Gasteiger partial charge in [-0.1, -0.05) is 6.08 Å². The summed E-state index contributed by atoms with van der Waals surface area (Å²) in [6.07, 6.45) is 4.10. The fourth-order valence-corrected chi connectivity index (χ4v) is 0.806. The summed E-state index contributed by atoms with van der Waals surface area (Å²) >= 11 is 0. The predicted molar refractivity (Wildman–Crippen MR) is 40.8 cm³/mol. The van der Waals surface area contributed by atoms with E-state index in [0.29, 0.717) is 5.47 Å². The van der Waals surface area contributed by atoms with E-state index in [2.05, 4.69) is 4.99 Å². The van der Waals surface area contributed by atoms with Crippen molar-refractivity contribution in [3.05, 3.63) is 11.5 Å². The molecule has 0 aromatic carbocycles. The number of rotatable bonds is 1. The first-order chi connectivity index (χ1) is 4.70. The first-order valence-electron chi connectivity index (χ1n) is 3.29. The van der Waals surface area contributed by atoms with Gasteiger partial charge in [-0.15, -0.1) is 0 Å². The zero-order valence-corrected chi connectivity index (χ0v) is 5.86. The van der Waals surface area contributed by atoms with Gasteiger partial charge in [0, 0.05) is 6.21 Å². The minimum Gasteiger partial charge on any atom is -0.423 e. The highest BCUT2D eigenvalue weighted by Crippen LogP contribution is 2.07. The molecule has 0 radical (unpaired) electrons. The summed E-state index contributed by atoms with van der Waals surface area (Å²) in [4.78, 5) is 4.02. The van der Waals surface area contributed by atoms with E-state index >= 15 is 0 Å². The van der Waals surface area contributed by atoms with Gasteiger partial charge in [0.1, 0.15) is 0 Å². The Morgan fingerprint density at radius 1 is 1.70 bits per heavy atom. The molecule has 0 spiro atoms. The van der Waals surface area contributed by atoms with Crippen LogP contribution in [0.15, 0.2) is 16.5 Å². The van der Waals surface area contributed by atoms with Crippen LogP contribution in [-0.2, 0) is 0 Å². The van der Waals surface area contributed by atoms with Gasteiger partial charge >= 0.3 is 7.12 Å². The van der Waals surface area contributed by atoms with Crippen LogP contribution >= 0.6 is 0 Å². The van der Waals surface area contributed by atoms with E-state index in [4.69, 9.17) is 10.0 Å². The molecular weight excluding hydrogens is 129 g/mol. The molecule has 2 N–H and O–H groups in total. The second-order valence-electron chi connectivity index (χ2n) is 2.44. The van der Waals surface area contributed by atoms with E-state index in [1.807, 2.05) is 6.92 Å². The van der Waals surface area contributed by atoms with Gasteiger partial charge in [0.05, 0.1) is 6.04 Å². The summed E-state index contributed by atoms with van der Waals surface area (Å²) in [5.74, 6) is 0. The molecule has 0 aromatic rings. The molecule has 1 aliphatic rings. The minimum absolute atomic E-state index is 0.280. The van der Waals surface area contributed by atoms with E-state index in [0.717, 1.165) is 6.42 Å². The summed E-state index contributed by atoms with van der Waals surface area (Å²) in [6.45, 7) is 1.98. The number of nitrogens with zero attached hydrogens (tertiary/aromatic N) is 1. The molecule has 10 heavy (non-hydrogen) atoms. The molecule has 0 aliphatic carbocycles. The molecule has 1 unspecified atom stereocenters. The molecule has 1 aliphatic heterocycles. The lowest BCUT2D eigenvalue weighted by atomic mass is 9.78. The van der Waals surface area contributed by atoms with Crippen LogP contribution in [0, 0.1) is 0 Å². The third kappa shape index (κ3) is 1.69. The SMILES string of the molecule is CC1CC=C(B(O)O)C=N1. The molecule has 4 heteroatoms. The fourth-order valence-electron chi connectivity index (χ4n) is 0.806. The van der Waals surface area contributed by atoms with Gasteiger partial charge in [-0.2, -0.15) is 0 Å². The van der Waals surface area contributed by atoms with Crippen LogP contribution in [-0.4, -0.2) is 29.4 Å². The Balaban J connectivity index is 2.59. The molecule has 0 saturated heterocycles. The maximum atomic E-state index is 8.66. The van der Waals surface area contributed by atoms with Crippen molar-refractivity contribution in [1.82, 2.24) is 0 Å². The Labute approximate surface area is 60.2 Å². The van der Waals surface area contributed by atoms with E-state index in [-0.39, 0.29) is 6.04 Å². The first kappa shape index (κ1) is 7.50. The number of dihydropyridines is 1. The Morgan fingerprint density at radius 2 is 2.40 bits per heavy atom. The Hall–Kier alpha value is -0.605. The van der Waals surface area contributed by atoms with Gasteiger partial charge in [0.15, 0.2) is 0 Å². The summed E-state index contributed by atoms with van der Waals surface area (Å²) in [7, 11) is -1.36. The number of aliphatic imine (C=N–C) groups is 1. The molecule has 0 amide bonds. The summed E-state index contributed by atoms with van der Waals surface area (Å²) < 4.78 is 0. The van der Waals surface area contributed by atoms with Crippen molar-refractivity contribution in [2.24, 2.45) is 4.99 Å². The van der Waals surface area contributed by atoms with Gasteiger partial charge in [-0.05, 0) is 18.8 Å². The summed E-state index contributed by atoms with van der Waals surface area (Å²) in [5.41, 5.74) is 0.498. The average molecular weight is 139 g/mol. The normalized spacial score (nSPS) is 24.3. The van der Waals surface area contributed by atoms with Crippen molar-refractivity contribution >= 4 is 13.3 Å². The molecule has 54 valence electrons. The van der Waals surface area contributed by atoms with Crippen molar-refractivity contribution in [2.45, 2.75) is 19.4 Å². The molecule has 0 aromatic heterocycles. The number of hydrogen-bond donors (Lipinski definition) is 2. The topological polar surface area (TPSA) is 52.8 Å². The zero-order chi connectivity index (χ0) is 7.56. The largest absolute Gasteiger partial charge is 0.489 e. The van der Waals surface area contributed by atoms with Crippen molar-refractivity contribution in [2.75, 3.05) is 0 Å². The molecule has 0 fully saturated rings. The Morgan fingerprint density at radius 3 is 2.80 bits per heavy atom. The monoisotopic (exact) mass is 139 g/mol. The minimum atomic E-state index is -1.36. The van der Waals surface area contributed by atoms with Gasteiger partial charge in [0.25, 0.3) is 0 Å². The third-order valence-corrected chi connectivity index (χ3v) is 1.47. The lowest BCUT2D eigenvalue weighted by Crippen LogP contribution is -2.19. The number of allylic oxidation sites excluding steroid dienone is 1. The zero-order valence-electron chi connectivity index (χ0n) is 5.86. The smallest absolute Gasteiger partial charge is 0.423 e. The lowest BCUT2D eigenvalue weighted by molar-refractivity contribution is 0.421. The van der Waals surface area contributed by atoms with Crippen LogP contribution in [0.1, 0.15) is 13.3 Å². The van der Waals surface area contributed by atoms with Gasteiger partial charge in [-0.25, -0.2) is 0 Å². The highest BCUT2D eigenvalue weighted by molar-refractivity contribution is 6.57. The molecule has 1 rings (SSSR count). The van der Waals surface area contributed by atoms with Gasteiger partial charge < -0.3 is 10.0 Å². The third-order valence-electron chi connectivity index (χ3n) is 1.47. The Kier molecular flexibility index (Phi) is 2.24. The van der Waals surface area contributed by atoms with Crippen molar-refractivity contribution in [3.8, 4) is 0 Å². The summed E-state index contributed by atoms with van der Waals surface area (Å²) in [5, 5.41) is 17.3. The fraction of sp³-hybridized carbons (Fsp3) is 0.500. The van der Waals surface area contributed by atoms with Crippen LogP contribution in [0.4, 0.5) is 0 Å². The average Bonchev–Trinajstić information content (AvgIpc) is 1.88. The highest BCUT2D eigenvalue weighted by Gasteiger charge is 2.15. The standard InChI is InChI=1S/C6H10BNO2/c1-5-2-3-6(4-8-5)7(9)10/h3-5,9-10H,2H2,1H3. The van der Waals surface area contributed by atoms with Crippen molar-refractivity contribution in [1.29, 1.82) is 0 Å². The van der Waals surface area contributed by atoms with E-state index in [9.17, 15) is 0 Å². The molecule has 0 bridgehead atoms. The van der Waals surface area contributed by atoms with Crippen LogP contribution in [0.3, 0.4) is 0 Å². The van der Waals surface area contributed by atoms with Crippen molar-refractivity contribution < 1.29 is 10.0 Å². The van der Waals surface area contributed by atoms with Gasteiger partial charge in [0.2, 0.25) is 0 Å². The predicted octanol–water partition coefficient (Wildman–Crippen LogP) is -0.212. The maximum absolute atomic E-state index is 8.66. The second-order valence-corrected chi connectivity index (χ2v) is 2.44. The second kappa shape index (κ2) is 2.99. The van der Waals surface area contributed by atoms with Crippen molar-refractivity contribution in [3.63, 3.8) is 0 Å². The molecule has 0 saturated carbocycles. The van der Waals surface area contributed by atoms with Gasteiger partial charge in [-0.3, -0.25) is 4.99 Å². The van der Waals surface area contributed by atoms with Crippen LogP contribution in [0.2, 0.25) is 0 Å². The quantitative estimate of drug-likeness (QED) is 0.493. The van der Waals surface area contributed by atoms with Crippen LogP contribution in [0.25, 0.3) is 0 Å². The lowest BCUT2D eigenvalue weighted by Gasteiger charge is -2.09. The molecular formula is C6H10BNO2. The Bertz CT molecular complexity index is 177. The van der Waals surface area contributed by atoms with E-state index < -0.39 is 7.12 Å². The number of hydrogen-bond acceptors (Lipinski definition) is 3. The molecule has 3 nitrogen and oxygen atoms in total. The maximum Gasteiger partial charge on any atom is 0.489 e. The van der Waals surface area contributed by atoms with E-state index in [1.54, 1.807) is 6.08 Å². The molecule has 1 atom stereocenters. The van der Waals surface area contributed by atoms with Crippen LogP contribution < -0.4 is 0 Å². The van der Waals surface area contributed by atoms with E-state index in [1.165, 1.54) is 6.21 Å².